The number of nitrogens with zero attached hydrogens (tertiary/aromatic N) is 1. The third-order valence-electron chi connectivity index (χ3n) is 3.50. The van der Waals surface area contributed by atoms with Gasteiger partial charge in [-0.25, -0.2) is 0 Å². The van der Waals surface area contributed by atoms with Crippen LogP contribution in [0, 0.1) is 6.92 Å². The van der Waals surface area contributed by atoms with Crippen molar-refractivity contribution in [2.24, 2.45) is 0 Å². The lowest BCUT2D eigenvalue weighted by Gasteiger charge is -2.20. The highest BCUT2D eigenvalue weighted by molar-refractivity contribution is 6.31. The summed E-state index contributed by atoms with van der Waals surface area (Å²) in [6.45, 7) is 2.53. The molecule has 0 saturated heterocycles. The van der Waals surface area contributed by atoms with E-state index in [4.69, 9.17) is 11.6 Å². The molecule has 0 spiro atoms. The number of hydrogen-bond donors (Lipinski definition) is 1. The molecule has 3 nitrogen and oxygen atoms in total. The minimum atomic E-state index is -0.114. The fourth-order valence-electron chi connectivity index (χ4n) is 2.24. The zero-order valence-electron chi connectivity index (χ0n) is 13.1. The number of hydrogen-bond acceptors (Lipinski definition) is 2. The van der Waals surface area contributed by atoms with Gasteiger partial charge in [0.25, 0.3) is 5.91 Å². The molecular weight excluding hydrogens is 310 g/mol. The van der Waals surface area contributed by atoms with E-state index in [2.05, 4.69) is 0 Å². The number of halogens is 1. The van der Waals surface area contributed by atoms with Gasteiger partial charge in [0.15, 0.2) is 0 Å². The van der Waals surface area contributed by atoms with Gasteiger partial charge in [-0.3, -0.25) is 4.79 Å². The first kappa shape index (κ1) is 17.3. The van der Waals surface area contributed by atoms with Crippen molar-refractivity contribution >= 4 is 23.6 Å². The SMILES string of the molecule is Cc1cc(C(=O)N(C/C=C/c2ccccc2)CCO)ccc1Cl. The average molecular weight is 330 g/mol. The van der Waals surface area contributed by atoms with Crippen molar-refractivity contribution < 1.29 is 9.90 Å². The predicted octanol–water partition coefficient (Wildman–Crippen LogP) is 3.80. The third-order valence-corrected chi connectivity index (χ3v) is 3.92. The summed E-state index contributed by atoms with van der Waals surface area (Å²) in [5, 5.41) is 9.85. The molecule has 120 valence electrons. The van der Waals surface area contributed by atoms with E-state index in [1.165, 1.54) is 0 Å². The zero-order chi connectivity index (χ0) is 16.7. The summed E-state index contributed by atoms with van der Waals surface area (Å²) in [5.74, 6) is -0.114. The fourth-order valence-corrected chi connectivity index (χ4v) is 2.35. The maximum atomic E-state index is 12.6. The van der Waals surface area contributed by atoms with Crippen LogP contribution in [0.1, 0.15) is 21.5 Å². The van der Waals surface area contributed by atoms with Crippen LogP contribution in [0.15, 0.2) is 54.6 Å². The Morgan fingerprint density at radius 2 is 1.96 bits per heavy atom. The number of aliphatic hydroxyl groups is 1. The highest BCUT2D eigenvalue weighted by Gasteiger charge is 2.14. The Kier molecular flexibility index (Phi) is 6.39. The van der Waals surface area contributed by atoms with Gasteiger partial charge in [-0.2, -0.15) is 0 Å². The maximum Gasteiger partial charge on any atom is 0.254 e. The lowest BCUT2D eigenvalue weighted by molar-refractivity contribution is 0.0743. The van der Waals surface area contributed by atoms with Gasteiger partial charge in [0.2, 0.25) is 0 Å². The third kappa shape index (κ3) is 4.95. The summed E-state index contributed by atoms with van der Waals surface area (Å²) in [4.78, 5) is 14.2. The number of amides is 1. The van der Waals surface area contributed by atoms with Gasteiger partial charge in [0.1, 0.15) is 0 Å². The van der Waals surface area contributed by atoms with Crippen LogP contribution in [0.25, 0.3) is 6.08 Å². The smallest absolute Gasteiger partial charge is 0.254 e. The second kappa shape index (κ2) is 8.51. The summed E-state index contributed by atoms with van der Waals surface area (Å²) >= 11 is 6.00. The highest BCUT2D eigenvalue weighted by atomic mass is 35.5. The number of aliphatic hydroxyl groups excluding tert-OH is 1. The van der Waals surface area contributed by atoms with Crippen molar-refractivity contribution in [3.8, 4) is 0 Å². The van der Waals surface area contributed by atoms with Gasteiger partial charge in [0.05, 0.1) is 6.61 Å². The van der Waals surface area contributed by atoms with Crippen molar-refractivity contribution in [1.82, 2.24) is 4.90 Å². The first-order valence-corrected chi connectivity index (χ1v) is 7.87. The van der Waals surface area contributed by atoms with E-state index in [1.807, 2.05) is 49.4 Å². The molecule has 4 heteroatoms. The lowest BCUT2D eigenvalue weighted by Crippen LogP contribution is -2.33. The Morgan fingerprint density at radius 1 is 1.22 bits per heavy atom. The van der Waals surface area contributed by atoms with Crippen LogP contribution in [0.2, 0.25) is 5.02 Å². The standard InChI is InChI=1S/C19H20ClNO2/c1-15-14-17(9-10-18(15)20)19(23)21(12-13-22)11-5-8-16-6-3-2-4-7-16/h2-10,14,22H,11-13H2,1H3/b8-5+. The number of carbonyl (C=O) groups is 1. The van der Waals surface area contributed by atoms with E-state index >= 15 is 0 Å². The molecule has 0 atom stereocenters. The molecule has 2 aromatic carbocycles. The lowest BCUT2D eigenvalue weighted by atomic mass is 10.1. The van der Waals surface area contributed by atoms with Crippen molar-refractivity contribution in [1.29, 1.82) is 0 Å². The topological polar surface area (TPSA) is 40.5 Å². The Labute approximate surface area is 141 Å². The van der Waals surface area contributed by atoms with E-state index in [0.717, 1.165) is 11.1 Å². The molecule has 1 N–H and O–H groups in total. The van der Waals surface area contributed by atoms with Crippen molar-refractivity contribution in [3.63, 3.8) is 0 Å². The molecule has 1 amide bonds. The largest absolute Gasteiger partial charge is 0.395 e. The van der Waals surface area contributed by atoms with Gasteiger partial charge in [0, 0.05) is 23.7 Å². The Bertz CT molecular complexity index is 683. The number of benzene rings is 2. The Balaban J connectivity index is 2.09. The fraction of sp³-hybridized carbons (Fsp3) is 0.211. The summed E-state index contributed by atoms with van der Waals surface area (Å²) in [7, 11) is 0. The molecule has 0 aliphatic heterocycles. The quantitative estimate of drug-likeness (QED) is 0.875. The molecule has 0 radical (unpaired) electrons. The van der Waals surface area contributed by atoms with Crippen LogP contribution in [0.5, 0.6) is 0 Å². The van der Waals surface area contributed by atoms with Crippen LogP contribution in [-0.4, -0.2) is 35.6 Å². The zero-order valence-corrected chi connectivity index (χ0v) is 13.8. The van der Waals surface area contributed by atoms with Crippen molar-refractivity contribution in [2.45, 2.75) is 6.92 Å². The Morgan fingerprint density at radius 3 is 2.61 bits per heavy atom. The van der Waals surface area contributed by atoms with Crippen LogP contribution in [0.3, 0.4) is 0 Å². The van der Waals surface area contributed by atoms with Crippen LogP contribution in [0.4, 0.5) is 0 Å². The van der Waals surface area contributed by atoms with Crippen LogP contribution < -0.4 is 0 Å². The van der Waals surface area contributed by atoms with Crippen molar-refractivity contribution in [3.05, 3.63) is 76.3 Å². The molecule has 23 heavy (non-hydrogen) atoms. The van der Waals surface area contributed by atoms with Gasteiger partial charge < -0.3 is 10.0 Å². The van der Waals surface area contributed by atoms with Crippen LogP contribution >= 0.6 is 11.6 Å². The van der Waals surface area contributed by atoms with Gasteiger partial charge in [-0.15, -0.1) is 0 Å². The number of carbonyl (C=O) groups excluding carboxylic acids is 1. The van der Waals surface area contributed by atoms with E-state index in [0.29, 0.717) is 23.7 Å². The van der Waals surface area contributed by atoms with E-state index in [9.17, 15) is 9.90 Å². The predicted molar refractivity (Wildman–Crippen MR) is 94.7 cm³/mol. The second-order valence-corrected chi connectivity index (χ2v) is 5.66. The van der Waals surface area contributed by atoms with Crippen LogP contribution in [-0.2, 0) is 0 Å². The molecule has 0 fully saturated rings. The van der Waals surface area contributed by atoms with Crippen molar-refractivity contribution in [2.75, 3.05) is 19.7 Å². The summed E-state index contributed by atoms with van der Waals surface area (Å²) in [6.07, 6.45) is 3.89. The van der Waals surface area contributed by atoms with Gasteiger partial charge in [-0.1, -0.05) is 54.1 Å². The first-order valence-electron chi connectivity index (χ1n) is 7.49. The first-order chi connectivity index (χ1) is 11.1. The summed E-state index contributed by atoms with van der Waals surface area (Å²) < 4.78 is 0. The normalized spacial score (nSPS) is 10.9. The van der Waals surface area contributed by atoms with E-state index < -0.39 is 0 Å². The minimum Gasteiger partial charge on any atom is -0.395 e. The average Bonchev–Trinajstić information content (AvgIpc) is 2.57. The maximum absolute atomic E-state index is 12.6. The Hall–Kier alpha value is -2.10. The molecule has 2 aromatic rings. The molecule has 0 aliphatic carbocycles. The van der Waals surface area contributed by atoms with Gasteiger partial charge >= 0.3 is 0 Å². The second-order valence-electron chi connectivity index (χ2n) is 5.25. The highest BCUT2D eigenvalue weighted by Crippen LogP contribution is 2.17. The van der Waals surface area contributed by atoms with E-state index in [-0.39, 0.29) is 12.5 Å². The molecule has 0 saturated carbocycles. The number of aryl methyl sites for hydroxylation is 1. The molecule has 0 unspecified atom stereocenters. The molecule has 0 bridgehead atoms. The molecule has 2 rings (SSSR count). The molecule has 0 aliphatic rings. The minimum absolute atomic E-state index is 0.0719. The number of rotatable bonds is 6. The monoisotopic (exact) mass is 329 g/mol. The van der Waals surface area contributed by atoms with Gasteiger partial charge in [-0.05, 0) is 36.2 Å². The molecule has 0 aromatic heterocycles. The molecule has 0 heterocycles. The summed E-state index contributed by atoms with van der Waals surface area (Å²) in [6, 6.07) is 15.1. The van der Waals surface area contributed by atoms with E-state index in [1.54, 1.807) is 23.1 Å². The molecular formula is C19H20ClNO2. The summed E-state index contributed by atoms with van der Waals surface area (Å²) in [5.41, 5.74) is 2.51.